The predicted molar refractivity (Wildman–Crippen MR) is 113 cm³/mol. The van der Waals surface area contributed by atoms with Crippen LogP contribution in [0.15, 0.2) is 36.4 Å². The minimum atomic E-state index is 0.229. The smallest absolute Gasteiger partial charge is 0.119 e. The summed E-state index contributed by atoms with van der Waals surface area (Å²) in [6.07, 6.45) is 11.9. The molecule has 0 amide bonds. The standard InChI is InChI=1S/C26H36O2/c1-17-6-8-19(9-7-17)28-22-11-10-20-24-18(2)16-23-25(3,13-5-15-27-23)21(24)12-14-26(20,22)4/h5-9,13,18,20-24H,10-12,14-16H2,1-4H3/t18-,20-,21-,22-,23+,24-,25+,26-/m0/s1. The van der Waals surface area contributed by atoms with Gasteiger partial charge in [0, 0.05) is 10.8 Å². The third kappa shape index (κ3) is 2.70. The van der Waals surface area contributed by atoms with Gasteiger partial charge in [-0.05, 0) is 74.8 Å². The van der Waals surface area contributed by atoms with Crippen LogP contribution in [0.25, 0.3) is 0 Å². The summed E-state index contributed by atoms with van der Waals surface area (Å²) in [7, 11) is 0. The van der Waals surface area contributed by atoms with Gasteiger partial charge in [-0.1, -0.05) is 50.6 Å². The average molecular weight is 381 g/mol. The summed E-state index contributed by atoms with van der Waals surface area (Å²) in [4.78, 5) is 0. The first kappa shape index (κ1) is 18.7. The van der Waals surface area contributed by atoms with Crippen molar-refractivity contribution < 1.29 is 9.47 Å². The van der Waals surface area contributed by atoms with Gasteiger partial charge in [0.15, 0.2) is 0 Å². The lowest BCUT2D eigenvalue weighted by atomic mass is 9.47. The molecule has 2 nitrogen and oxygen atoms in total. The van der Waals surface area contributed by atoms with Crippen LogP contribution in [-0.2, 0) is 4.74 Å². The molecule has 3 fully saturated rings. The Morgan fingerprint density at radius 1 is 1.04 bits per heavy atom. The van der Waals surface area contributed by atoms with Crippen molar-refractivity contribution in [2.24, 2.45) is 34.5 Å². The molecule has 0 bridgehead atoms. The van der Waals surface area contributed by atoms with Crippen LogP contribution in [-0.4, -0.2) is 18.8 Å². The van der Waals surface area contributed by atoms with Crippen LogP contribution in [0, 0.1) is 41.4 Å². The lowest BCUT2D eigenvalue weighted by molar-refractivity contribution is -0.154. The fraction of sp³-hybridized carbons (Fsp3) is 0.692. The zero-order chi connectivity index (χ0) is 19.5. The summed E-state index contributed by atoms with van der Waals surface area (Å²) in [6.45, 7) is 10.5. The maximum atomic E-state index is 6.61. The minimum Gasteiger partial charge on any atom is -0.490 e. The van der Waals surface area contributed by atoms with Gasteiger partial charge in [0.1, 0.15) is 11.9 Å². The molecule has 1 aromatic rings. The van der Waals surface area contributed by atoms with Crippen molar-refractivity contribution in [1.82, 2.24) is 0 Å². The molecule has 0 unspecified atom stereocenters. The molecule has 152 valence electrons. The van der Waals surface area contributed by atoms with Crippen molar-refractivity contribution in [3.8, 4) is 5.75 Å². The van der Waals surface area contributed by atoms with Crippen molar-refractivity contribution in [1.29, 1.82) is 0 Å². The Balaban J connectivity index is 1.42. The van der Waals surface area contributed by atoms with Gasteiger partial charge in [-0.15, -0.1) is 0 Å². The van der Waals surface area contributed by atoms with Gasteiger partial charge >= 0.3 is 0 Å². The maximum absolute atomic E-state index is 6.61. The highest BCUT2D eigenvalue weighted by atomic mass is 16.5. The second-order valence-corrected chi connectivity index (χ2v) is 10.6. The zero-order valence-electron chi connectivity index (χ0n) is 18.0. The average Bonchev–Trinajstić information content (AvgIpc) is 3.00. The van der Waals surface area contributed by atoms with Crippen LogP contribution in [0.5, 0.6) is 5.75 Å². The molecule has 28 heavy (non-hydrogen) atoms. The molecule has 0 spiro atoms. The van der Waals surface area contributed by atoms with Gasteiger partial charge in [0.25, 0.3) is 0 Å². The van der Waals surface area contributed by atoms with Crippen molar-refractivity contribution in [3.63, 3.8) is 0 Å². The zero-order valence-corrected chi connectivity index (χ0v) is 18.0. The van der Waals surface area contributed by atoms with Gasteiger partial charge in [-0.25, -0.2) is 0 Å². The number of fused-ring (bicyclic) bond motifs is 5. The van der Waals surface area contributed by atoms with Gasteiger partial charge in [0.2, 0.25) is 0 Å². The van der Waals surface area contributed by atoms with E-state index >= 15 is 0 Å². The first-order chi connectivity index (χ1) is 13.4. The third-order valence-corrected chi connectivity index (χ3v) is 9.15. The van der Waals surface area contributed by atoms with Gasteiger partial charge in [-0.2, -0.15) is 0 Å². The van der Waals surface area contributed by atoms with Crippen molar-refractivity contribution >= 4 is 0 Å². The van der Waals surface area contributed by atoms with Gasteiger partial charge in [0.05, 0.1) is 12.7 Å². The van der Waals surface area contributed by atoms with Gasteiger partial charge in [-0.3, -0.25) is 0 Å². The van der Waals surface area contributed by atoms with E-state index in [1.165, 1.54) is 37.7 Å². The van der Waals surface area contributed by atoms with E-state index in [1.54, 1.807) is 0 Å². The van der Waals surface area contributed by atoms with Crippen LogP contribution in [0.4, 0.5) is 0 Å². The molecule has 3 saturated carbocycles. The van der Waals surface area contributed by atoms with Crippen molar-refractivity contribution in [2.75, 3.05) is 6.61 Å². The Morgan fingerprint density at radius 2 is 1.82 bits per heavy atom. The lowest BCUT2D eigenvalue weighted by Gasteiger charge is -2.60. The molecule has 0 aromatic heterocycles. The fourth-order valence-corrected chi connectivity index (χ4v) is 7.58. The van der Waals surface area contributed by atoms with E-state index in [0.717, 1.165) is 36.0 Å². The van der Waals surface area contributed by atoms with E-state index in [2.05, 4.69) is 64.1 Å². The topological polar surface area (TPSA) is 18.5 Å². The number of hydrogen-bond acceptors (Lipinski definition) is 2. The molecular weight excluding hydrogens is 344 g/mol. The monoisotopic (exact) mass is 380 g/mol. The fourth-order valence-electron chi connectivity index (χ4n) is 7.58. The van der Waals surface area contributed by atoms with Crippen LogP contribution >= 0.6 is 0 Å². The largest absolute Gasteiger partial charge is 0.490 e. The highest BCUT2D eigenvalue weighted by Gasteiger charge is 2.62. The first-order valence-corrected chi connectivity index (χ1v) is 11.4. The summed E-state index contributed by atoms with van der Waals surface area (Å²) in [5.41, 5.74) is 1.83. The highest BCUT2D eigenvalue weighted by Crippen LogP contribution is 2.65. The molecule has 5 rings (SSSR count). The minimum absolute atomic E-state index is 0.229. The first-order valence-electron chi connectivity index (χ1n) is 11.4. The molecule has 2 heteroatoms. The molecule has 4 aliphatic rings. The van der Waals surface area contributed by atoms with Crippen LogP contribution in [0.2, 0.25) is 0 Å². The van der Waals surface area contributed by atoms with Crippen LogP contribution in [0.3, 0.4) is 0 Å². The molecule has 0 radical (unpaired) electrons. The molecule has 0 N–H and O–H groups in total. The number of ether oxygens (including phenoxy) is 2. The van der Waals surface area contributed by atoms with Crippen LogP contribution in [0.1, 0.15) is 58.4 Å². The maximum Gasteiger partial charge on any atom is 0.119 e. The summed E-state index contributed by atoms with van der Waals surface area (Å²) in [5.74, 6) is 4.14. The summed E-state index contributed by atoms with van der Waals surface area (Å²) >= 11 is 0. The quantitative estimate of drug-likeness (QED) is 0.570. The number of aryl methyl sites for hydroxylation is 1. The molecule has 0 saturated heterocycles. The SMILES string of the molecule is Cc1ccc(O[C@H]2CC[C@H]3[C@@H]4[C@@H](C)C[C@H]5OCC=C[C@]5(C)[C@H]4CC[C@]23C)cc1. The lowest BCUT2D eigenvalue weighted by Crippen LogP contribution is -2.58. The third-order valence-electron chi connectivity index (χ3n) is 9.15. The van der Waals surface area contributed by atoms with Crippen molar-refractivity contribution in [2.45, 2.75) is 72.0 Å². The number of hydrogen-bond donors (Lipinski definition) is 0. The Bertz CT molecular complexity index is 752. The molecule has 1 aliphatic heterocycles. The number of benzene rings is 1. The number of rotatable bonds is 2. The summed E-state index contributed by atoms with van der Waals surface area (Å²) in [6, 6.07) is 8.63. The second kappa shape index (κ2) is 6.62. The Hall–Kier alpha value is -1.28. The van der Waals surface area contributed by atoms with E-state index < -0.39 is 0 Å². The summed E-state index contributed by atoms with van der Waals surface area (Å²) < 4.78 is 12.8. The van der Waals surface area contributed by atoms with E-state index in [1.807, 2.05) is 0 Å². The second-order valence-electron chi connectivity index (χ2n) is 10.6. The Morgan fingerprint density at radius 3 is 2.61 bits per heavy atom. The predicted octanol–water partition coefficient (Wildman–Crippen LogP) is 6.19. The van der Waals surface area contributed by atoms with E-state index in [0.29, 0.717) is 17.6 Å². The molecule has 8 atom stereocenters. The van der Waals surface area contributed by atoms with E-state index in [4.69, 9.17) is 9.47 Å². The van der Waals surface area contributed by atoms with Gasteiger partial charge < -0.3 is 9.47 Å². The molecule has 1 aromatic carbocycles. The van der Waals surface area contributed by atoms with Crippen molar-refractivity contribution in [3.05, 3.63) is 42.0 Å². The van der Waals surface area contributed by atoms with E-state index in [9.17, 15) is 0 Å². The Labute approximate surface area is 170 Å². The summed E-state index contributed by atoms with van der Waals surface area (Å²) in [5, 5.41) is 0. The normalized spacial score (nSPS) is 47.1. The molecule has 1 heterocycles. The highest BCUT2D eigenvalue weighted by molar-refractivity contribution is 5.27. The van der Waals surface area contributed by atoms with Crippen LogP contribution < -0.4 is 4.74 Å². The molecule has 3 aliphatic carbocycles. The Kier molecular flexibility index (Phi) is 4.43. The molecular formula is C26H36O2. The van der Waals surface area contributed by atoms with E-state index in [-0.39, 0.29) is 5.41 Å².